The third-order valence-electron chi connectivity index (χ3n) is 6.53. The molecule has 3 atom stereocenters. The summed E-state index contributed by atoms with van der Waals surface area (Å²) in [7, 11) is 0. The molecule has 2 fully saturated rings. The summed E-state index contributed by atoms with van der Waals surface area (Å²) >= 11 is 0. The van der Waals surface area contributed by atoms with Gasteiger partial charge in [-0.2, -0.15) is 0 Å². The maximum absolute atomic E-state index is 12.4. The molecule has 0 radical (unpaired) electrons. The van der Waals surface area contributed by atoms with Gasteiger partial charge in [0.25, 0.3) is 0 Å². The summed E-state index contributed by atoms with van der Waals surface area (Å²) in [6.45, 7) is 3.62. The number of aromatic nitrogens is 3. The van der Waals surface area contributed by atoms with Crippen molar-refractivity contribution in [2.75, 3.05) is 26.2 Å². The maximum atomic E-state index is 12.4. The van der Waals surface area contributed by atoms with Crippen molar-refractivity contribution in [2.45, 2.75) is 69.7 Å². The maximum Gasteiger partial charge on any atom is 0.221 e. The van der Waals surface area contributed by atoms with Crippen LogP contribution in [-0.2, 0) is 16.1 Å². The van der Waals surface area contributed by atoms with Crippen LogP contribution in [0, 0.1) is 0 Å². The van der Waals surface area contributed by atoms with E-state index in [0.717, 1.165) is 50.2 Å². The van der Waals surface area contributed by atoms with Crippen molar-refractivity contribution in [1.29, 1.82) is 0 Å². The summed E-state index contributed by atoms with van der Waals surface area (Å²) in [6.07, 6.45) is 8.37. The molecule has 0 saturated carbocycles. The quantitative estimate of drug-likeness (QED) is 0.620. The number of nitrogens with one attached hydrogen (secondary N) is 1. The zero-order chi connectivity index (χ0) is 22.2. The van der Waals surface area contributed by atoms with Crippen LogP contribution in [0.2, 0.25) is 0 Å². The van der Waals surface area contributed by atoms with Crippen molar-refractivity contribution in [3.8, 4) is 11.3 Å². The Morgan fingerprint density at radius 3 is 2.72 bits per heavy atom. The topological polar surface area (TPSA) is 92.5 Å². The first-order valence-electron chi connectivity index (χ1n) is 11.9. The monoisotopic (exact) mass is 441 g/mol. The summed E-state index contributed by atoms with van der Waals surface area (Å²) in [4.78, 5) is 14.8. The number of hydrogen-bond acceptors (Lipinski definition) is 6. The number of nitrogens with zero attached hydrogens (tertiary/aromatic N) is 4. The van der Waals surface area contributed by atoms with E-state index in [4.69, 9.17) is 4.74 Å². The van der Waals surface area contributed by atoms with E-state index in [9.17, 15) is 9.90 Å². The summed E-state index contributed by atoms with van der Waals surface area (Å²) in [5.41, 5.74) is 1.91. The number of benzene rings is 1. The molecule has 174 valence electrons. The smallest absolute Gasteiger partial charge is 0.221 e. The Hall–Kier alpha value is -2.29. The zero-order valence-electron chi connectivity index (χ0n) is 18.7. The fourth-order valence-electron chi connectivity index (χ4n) is 4.66. The number of piperidine rings is 1. The molecule has 2 saturated heterocycles. The molecule has 4 rings (SSSR count). The first-order valence-corrected chi connectivity index (χ1v) is 11.9. The van der Waals surface area contributed by atoms with E-state index >= 15 is 0 Å². The average molecular weight is 442 g/mol. The molecule has 2 aromatic rings. The van der Waals surface area contributed by atoms with Gasteiger partial charge in [0.2, 0.25) is 5.91 Å². The minimum absolute atomic E-state index is 0.0398. The first-order chi connectivity index (χ1) is 15.7. The summed E-state index contributed by atoms with van der Waals surface area (Å²) in [5.74, 6) is 0.0529. The Morgan fingerprint density at radius 1 is 1.12 bits per heavy atom. The molecule has 2 N–H and O–H groups in total. The molecule has 2 aliphatic heterocycles. The van der Waals surface area contributed by atoms with Crippen LogP contribution in [-0.4, -0.2) is 75.4 Å². The minimum Gasteiger partial charge on any atom is -0.394 e. The van der Waals surface area contributed by atoms with Crippen LogP contribution in [0.1, 0.15) is 44.9 Å². The number of aliphatic hydroxyl groups is 1. The van der Waals surface area contributed by atoms with Gasteiger partial charge in [-0.25, -0.2) is 0 Å². The predicted molar refractivity (Wildman–Crippen MR) is 122 cm³/mol. The Labute approximate surface area is 189 Å². The molecule has 0 aliphatic carbocycles. The van der Waals surface area contributed by atoms with Crippen molar-refractivity contribution in [1.82, 2.24) is 25.2 Å². The lowest BCUT2D eigenvalue weighted by atomic mass is 9.97. The van der Waals surface area contributed by atoms with Crippen LogP contribution < -0.4 is 5.32 Å². The number of hydrogen-bond donors (Lipinski definition) is 2. The Balaban J connectivity index is 1.20. The minimum atomic E-state index is -0.358. The highest BCUT2D eigenvalue weighted by Crippen LogP contribution is 2.23. The second-order valence-electron chi connectivity index (χ2n) is 8.90. The van der Waals surface area contributed by atoms with Gasteiger partial charge in [-0.05, 0) is 45.2 Å². The van der Waals surface area contributed by atoms with E-state index < -0.39 is 0 Å². The van der Waals surface area contributed by atoms with Crippen molar-refractivity contribution in [3.63, 3.8) is 0 Å². The highest BCUT2D eigenvalue weighted by molar-refractivity contribution is 5.76. The normalized spacial score (nSPS) is 24.3. The molecule has 1 aromatic heterocycles. The van der Waals surface area contributed by atoms with E-state index in [1.807, 2.05) is 41.2 Å². The molecular weight excluding hydrogens is 406 g/mol. The number of aryl methyl sites for hydroxylation is 1. The van der Waals surface area contributed by atoms with Crippen LogP contribution in [0.3, 0.4) is 0 Å². The number of ether oxygens (including phenoxy) is 1. The van der Waals surface area contributed by atoms with E-state index in [1.165, 1.54) is 19.3 Å². The average Bonchev–Trinajstić information content (AvgIpc) is 3.32. The summed E-state index contributed by atoms with van der Waals surface area (Å²) in [5, 5.41) is 21.4. The van der Waals surface area contributed by atoms with Crippen molar-refractivity contribution in [2.24, 2.45) is 0 Å². The highest BCUT2D eigenvalue weighted by atomic mass is 16.5. The Morgan fingerprint density at radius 2 is 1.94 bits per heavy atom. The molecule has 3 heterocycles. The molecule has 32 heavy (non-hydrogen) atoms. The van der Waals surface area contributed by atoms with Gasteiger partial charge in [-0.3, -0.25) is 9.48 Å². The van der Waals surface area contributed by atoms with Gasteiger partial charge < -0.3 is 20.1 Å². The largest absolute Gasteiger partial charge is 0.394 e. The molecule has 0 unspecified atom stereocenters. The fraction of sp³-hybridized carbons (Fsp3) is 0.625. The number of amides is 1. The van der Waals surface area contributed by atoms with E-state index in [1.54, 1.807) is 0 Å². The zero-order valence-corrected chi connectivity index (χ0v) is 18.7. The number of carbonyl (C=O) groups is 1. The second kappa shape index (κ2) is 11.5. The lowest BCUT2D eigenvalue weighted by molar-refractivity contribution is -0.129. The molecule has 1 aromatic carbocycles. The number of likely N-dealkylation sites (tertiary alicyclic amines) is 1. The molecule has 2 aliphatic rings. The lowest BCUT2D eigenvalue weighted by Gasteiger charge is -2.36. The second-order valence-corrected chi connectivity index (χ2v) is 8.90. The van der Waals surface area contributed by atoms with Crippen LogP contribution in [0.5, 0.6) is 0 Å². The lowest BCUT2D eigenvalue weighted by Crippen LogP contribution is -2.51. The van der Waals surface area contributed by atoms with Gasteiger partial charge in [0.1, 0.15) is 11.8 Å². The third-order valence-corrected chi connectivity index (χ3v) is 6.53. The molecule has 0 spiro atoms. The predicted octanol–water partition coefficient (Wildman–Crippen LogP) is 2.24. The van der Waals surface area contributed by atoms with E-state index in [-0.39, 0.29) is 30.8 Å². The number of aliphatic hydroxyl groups excluding tert-OH is 1. The van der Waals surface area contributed by atoms with E-state index in [2.05, 4.69) is 20.5 Å². The fourth-order valence-corrected chi connectivity index (χ4v) is 4.66. The standard InChI is InChI=1S/C24H35N5O3/c30-18-23-21(25-24(31)12-15-28-13-5-2-6-14-28)10-9-20(32-23)11-16-29-17-22(26-27-29)19-7-3-1-4-8-19/h1,3-4,7-8,17,20-21,23,30H,2,5-6,9-16,18H2,(H,25,31)/t20-,21-,23-/m0/s1. The van der Waals surface area contributed by atoms with Gasteiger partial charge >= 0.3 is 0 Å². The third kappa shape index (κ3) is 6.37. The molecule has 1 amide bonds. The van der Waals surface area contributed by atoms with Crippen molar-refractivity contribution >= 4 is 5.91 Å². The van der Waals surface area contributed by atoms with Gasteiger partial charge in [0.15, 0.2) is 0 Å². The van der Waals surface area contributed by atoms with Crippen molar-refractivity contribution in [3.05, 3.63) is 36.5 Å². The van der Waals surface area contributed by atoms with Crippen LogP contribution in [0.15, 0.2) is 36.5 Å². The Kier molecular flexibility index (Phi) is 8.25. The van der Waals surface area contributed by atoms with Crippen LogP contribution in [0.25, 0.3) is 11.3 Å². The van der Waals surface area contributed by atoms with Gasteiger partial charge in [0.05, 0.1) is 24.9 Å². The van der Waals surface area contributed by atoms with Gasteiger partial charge in [0, 0.05) is 25.1 Å². The van der Waals surface area contributed by atoms with Gasteiger partial charge in [-0.15, -0.1) is 5.10 Å². The highest BCUT2D eigenvalue weighted by Gasteiger charge is 2.31. The molecule has 8 nitrogen and oxygen atoms in total. The van der Waals surface area contributed by atoms with Crippen LogP contribution in [0.4, 0.5) is 0 Å². The summed E-state index contributed by atoms with van der Waals surface area (Å²) < 4.78 is 7.96. The first kappa shape index (κ1) is 22.9. The number of carbonyl (C=O) groups excluding carboxylic acids is 1. The SMILES string of the molecule is O=C(CCN1CCCCC1)N[C@H]1CC[C@@H](CCn2cc(-c3ccccc3)nn2)O[C@H]1CO. The van der Waals surface area contributed by atoms with Crippen LogP contribution >= 0.6 is 0 Å². The van der Waals surface area contributed by atoms with Crippen molar-refractivity contribution < 1.29 is 14.6 Å². The van der Waals surface area contributed by atoms with E-state index in [0.29, 0.717) is 13.0 Å². The summed E-state index contributed by atoms with van der Waals surface area (Å²) in [6, 6.07) is 9.87. The molecular formula is C24H35N5O3. The molecule has 0 bridgehead atoms. The number of rotatable bonds is 9. The molecule has 8 heteroatoms. The van der Waals surface area contributed by atoms with Gasteiger partial charge in [-0.1, -0.05) is 42.0 Å². The Bertz CT molecular complexity index is 837.